The number of rotatable bonds is 6. The van der Waals surface area contributed by atoms with Gasteiger partial charge in [-0.15, -0.1) is 0 Å². The zero-order valence-electron chi connectivity index (χ0n) is 15.3. The SMILES string of the molecule is CCOC(=O)c1[nH]c(C)c(C(=O)C=Cc2ccc(NC(C)=O)cc2)c1C. The number of nitrogens with one attached hydrogen (secondary N) is 2. The molecule has 0 atom stereocenters. The van der Waals surface area contributed by atoms with E-state index in [0.29, 0.717) is 28.2 Å². The maximum Gasteiger partial charge on any atom is 0.355 e. The highest BCUT2D eigenvalue weighted by Crippen LogP contribution is 2.20. The Morgan fingerprint density at radius 2 is 1.81 bits per heavy atom. The largest absolute Gasteiger partial charge is 0.461 e. The molecule has 0 unspecified atom stereocenters. The van der Waals surface area contributed by atoms with Crippen molar-refractivity contribution in [2.45, 2.75) is 27.7 Å². The Labute approximate surface area is 152 Å². The summed E-state index contributed by atoms with van der Waals surface area (Å²) in [5.74, 6) is -0.804. The number of ether oxygens (including phenoxy) is 1. The Morgan fingerprint density at radius 3 is 2.38 bits per heavy atom. The molecular formula is C20H22N2O4. The molecule has 2 N–H and O–H groups in total. The second-order valence-corrected chi connectivity index (χ2v) is 5.85. The molecule has 6 nitrogen and oxygen atoms in total. The summed E-state index contributed by atoms with van der Waals surface area (Å²) in [6.07, 6.45) is 3.15. The van der Waals surface area contributed by atoms with Gasteiger partial charge in [0.15, 0.2) is 5.78 Å². The average Bonchev–Trinajstić information content (AvgIpc) is 2.88. The van der Waals surface area contributed by atoms with E-state index in [4.69, 9.17) is 4.74 Å². The van der Waals surface area contributed by atoms with Crippen LogP contribution in [0.4, 0.5) is 5.69 Å². The standard InChI is InChI=1S/C20H22N2O4/c1-5-26-20(25)19-12(2)18(13(3)21-19)17(24)11-8-15-6-9-16(10-7-15)22-14(4)23/h6-11,21H,5H2,1-4H3,(H,22,23). The fourth-order valence-corrected chi connectivity index (χ4v) is 2.66. The fraction of sp³-hybridized carbons (Fsp3) is 0.250. The molecule has 0 spiro atoms. The predicted octanol–water partition coefficient (Wildman–Crippen LogP) is 3.66. The number of carbonyl (C=O) groups is 3. The van der Waals surface area contributed by atoms with Gasteiger partial charge in [0.25, 0.3) is 0 Å². The number of esters is 1. The molecule has 0 saturated carbocycles. The first kappa shape index (κ1) is 19.2. The molecule has 1 aromatic carbocycles. The Balaban J connectivity index is 2.18. The number of allylic oxidation sites excluding steroid dienone is 1. The smallest absolute Gasteiger partial charge is 0.355 e. The zero-order chi connectivity index (χ0) is 19.3. The van der Waals surface area contributed by atoms with Gasteiger partial charge < -0.3 is 15.0 Å². The Hall–Kier alpha value is -3.15. The molecule has 0 aliphatic carbocycles. The van der Waals surface area contributed by atoms with Gasteiger partial charge in [-0.3, -0.25) is 9.59 Å². The zero-order valence-corrected chi connectivity index (χ0v) is 15.3. The highest BCUT2D eigenvalue weighted by Gasteiger charge is 2.21. The van der Waals surface area contributed by atoms with E-state index < -0.39 is 5.97 Å². The molecule has 0 saturated heterocycles. The molecule has 0 bridgehead atoms. The first-order chi connectivity index (χ1) is 12.3. The van der Waals surface area contributed by atoms with E-state index in [9.17, 15) is 14.4 Å². The van der Waals surface area contributed by atoms with Crippen LogP contribution in [0.15, 0.2) is 30.3 Å². The lowest BCUT2D eigenvalue weighted by Gasteiger charge is -2.02. The molecular weight excluding hydrogens is 332 g/mol. The topological polar surface area (TPSA) is 88.3 Å². The van der Waals surface area contributed by atoms with Gasteiger partial charge in [0.1, 0.15) is 5.69 Å². The van der Waals surface area contributed by atoms with Crippen molar-refractivity contribution in [3.05, 3.63) is 58.4 Å². The van der Waals surface area contributed by atoms with Crippen LogP contribution in [0.3, 0.4) is 0 Å². The lowest BCUT2D eigenvalue weighted by molar-refractivity contribution is -0.114. The van der Waals surface area contributed by atoms with Crippen LogP contribution in [0.1, 0.15) is 51.5 Å². The molecule has 136 valence electrons. The average molecular weight is 354 g/mol. The number of amides is 1. The summed E-state index contributed by atoms with van der Waals surface area (Å²) < 4.78 is 5.00. The summed E-state index contributed by atoms with van der Waals surface area (Å²) in [7, 11) is 0. The van der Waals surface area contributed by atoms with Gasteiger partial charge in [0, 0.05) is 23.9 Å². The minimum atomic E-state index is -0.468. The summed E-state index contributed by atoms with van der Waals surface area (Å²) in [4.78, 5) is 38.4. The lowest BCUT2D eigenvalue weighted by Crippen LogP contribution is -2.07. The Bertz CT molecular complexity index is 861. The van der Waals surface area contributed by atoms with Gasteiger partial charge in [-0.05, 0) is 50.1 Å². The van der Waals surface area contributed by atoms with Crippen molar-refractivity contribution in [1.82, 2.24) is 4.98 Å². The third-order valence-electron chi connectivity index (χ3n) is 3.82. The molecule has 2 aromatic rings. The van der Waals surface area contributed by atoms with Crippen LogP contribution in [0, 0.1) is 13.8 Å². The van der Waals surface area contributed by atoms with Gasteiger partial charge >= 0.3 is 5.97 Å². The van der Waals surface area contributed by atoms with E-state index in [0.717, 1.165) is 5.56 Å². The molecule has 1 amide bonds. The number of aromatic nitrogens is 1. The number of hydrogen-bond acceptors (Lipinski definition) is 4. The molecule has 6 heteroatoms. The van der Waals surface area contributed by atoms with E-state index >= 15 is 0 Å². The van der Waals surface area contributed by atoms with Crippen molar-refractivity contribution >= 4 is 29.4 Å². The highest BCUT2D eigenvalue weighted by atomic mass is 16.5. The fourth-order valence-electron chi connectivity index (χ4n) is 2.66. The van der Waals surface area contributed by atoms with Crippen molar-refractivity contribution < 1.29 is 19.1 Å². The number of anilines is 1. The van der Waals surface area contributed by atoms with Gasteiger partial charge in [0.2, 0.25) is 5.91 Å². The number of benzene rings is 1. The minimum absolute atomic E-state index is 0.140. The van der Waals surface area contributed by atoms with Crippen LogP contribution in [-0.4, -0.2) is 29.3 Å². The Kier molecular flexibility index (Phi) is 6.11. The Morgan fingerprint density at radius 1 is 1.15 bits per heavy atom. The predicted molar refractivity (Wildman–Crippen MR) is 100 cm³/mol. The minimum Gasteiger partial charge on any atom is -0.461 e. The van der Waals surface area contributed by atoms with Crippen LogP contribution < -0.4 is 5.32 Å². The first-order valence-electron chi connectivity index (χ1n) is 8.29. The second kappa shape index (κ2) is 8.29. The van der Waals surface area contributed by atoms with Crippen LogP contribution in [-0.2, 0) is 9.53 Å². The summed E-state index contributed by atoms with van der Waals surface area (Å²) in [5.41, 5.74) is 3.50. The molecule has 1 heterocycles. The van der Waals surface area contributed by atoms with Gasteiger partial charge in [0.05, 0.1) is 6.61 Å². The molecule has 0 radical (unpaired) electrons. The summed E-state index contributed by atoms with van der Waals surface area (Å²) >= 11 is 0. The maximum atomic E-state index is 12.5. The van der Waals surface area contributed by atoms with E-state index in [2.05, 4.69) is 10.3 Å². The number of carbonyl (C=O) groups excluding carboxylic acids is 3. The molecule has 0 fully saturated rings. The molecule has 0 aliphatic heterocycles. The van der Waals surface area contributed by atoms with Crippen molar-refractivity contribution in [1.29, 1.82) is 0 Å². The van der Waals surface area contributed by atoms with E-state index in [1.54, 1.807) is 51.1 Å². The summed E-state index contributed by atoms with van der Waals surface area (Å²) in [5, 5.41) is 2.68. The number of H-pyrrole nitrogens is 1. The van der Waals surface area contributed by atoms with Crippen molar-refractivity contribution in [2.75, 3.05) is 11.9 Å². The lowest BCUT2D eigenvalue weighted by atomic mass is 10.0. The van der Waals surface area contributed by atoms with Crippen LogP contribution in [0.25, 0.3) is 6.08 Å². The quantitative estimate of drug-likeness (QED) is 0.471. The van der Waals surface area contributed by atoms with E-state index in [1.807, 2.05) is 0 Å². The molecule has 1 aromatic heterocycles. The van der Waals surface area contributed by atoms with Crippen molar-refractivity contribution in [2.24, 2.45) is 0 Å². The third kappa shape index (κ3) is 4.47. The molecule has 2 rings (SSSR count). The van der Waals surface area contributed by atoms with E-state index in [1.165, 1.54) is 13.0 Å². The molecule has 26 heavy (non-hydrogen) atoms. The monoisotopic (exact) mass is 354 g/mol. The van der Waals surface area contributed by atoms with Gasteiger partial charge in [-0.25, -0.2) is 4.79 Å². The maximum absolute atomic E-state index is 12.5. The first-order valence-corrected chi connectivity index (χ1v) is 8.29. The van der Waals surface area contributed by atoms with Crippen LogP contribution in [0.5, 0.6) is 0 Å². The van der Waals surface area contributed by atoms with Crippen LogP contribution in [0.2, 0.25) is 0 Å². The van der Waals surface area contributed by atoms with Crippen molar-refractivity contribution in [3.8, 4) is 0 Å². The number of ketones is 1. The van der Waals surface area contributed by atoms with Crippen LogP contribution >= 0.6 is 0 Å². The number of aryl methyl sites for hydroxylation is 1. The highest BCUT2D eigenvalue weighted by molar-refractivity contribution is 6.10. The summed E-state index contributed by atoms with van der Waals surface area (Å²) in [6, 6.07) is 7.13. The summed E-state index contributed by atoms with van der Waals surface area (Å²) in [6.45, 7) is 6.92. The van der Waals surface area contributed by atoms with E-state index in [-0.39, 0.29) is 18.3 Å². The third-order valence-corrected chi connectivity index (χ3v) is 3.82. The number of hydrogen-bond donors (Lipinski definition) is 2. The van der Waals surface area contributed by atoms with Crippen molar-refractivity contribution in [3.63, 3.8) is 0 Å². The van der Waals surface area contributed by atoms with Gasteiger partial charge in [-0.2, -0.15) is 0 Å². The second-order valence-electron chi connectivity index (χ2n) is 5.85. The van der Waals surface area contributed by atoms with Gasteiger partial charge in [-0.1, -0.05) is 18.2 Å². The molecule has 0 aliphatic rings. The normalized spacial score (nSPS) is 10.8. The number of aromatic amines is 1.